The lowest BCUT2D eigenvalue weighted by atomic mass is 9.89. The van der Waals surface area contributed by atoms with E-state index in [1.807, 2.05) is 110 Å². The maximum Gasteiger partial charge on any atom is 0.268 e. The number of carbonyl (C=O) groups excluding carboxylic acids is 6. The van der Waals surface area contributed by atoms with Gasteiger partial charge in [-0.1, -0.05) is 60.4 Å². The number of thioether (sulfide) groups is 2. The molecular formula is C53H53N15O6S2. The summed E-state index contributed by atoms with van der Waals surface area (Å²) in [6.45, 7) is 9.45. The number of rotatable bonds is 0. The highest BCUT2D eigenvalue weighted by Gasteiger charge is 2.31. The highest BCUT2D eigenvalue weighted by molar-refractivity contribution is 8.16. The molecule has 0 bridgehead atoms. The number of hydrogen-bond acceptors (Lipinski definition) is 17. The zero-order valence-electron chi connectivity index (χ0n) is 41.5. The van der Waals surface area contributed by atoms with Gasteiger partial charge < -0.3 is 34.3 Å². The molecule has 2 fully saturated rings. The van der Waals surface area contributed by atoms with Gasteiger partial charge >= 0.3 is 0 Å². The van der Waals surface area contributed by atoms with Gasteiger partial charge in [0.25, 0.3) is 35.4 Å². The summed E-state index contributed by atoms with van der Waals surface area (Å²) in [6.07, 6.45) is 30.7. The van der Waals surface area contributed by atoms with Gasteiger partial charge in [-0.3, -0.25) is 28.8 Å². The van der Waals surface area contributed by atoms with Crippen molar-refractivity contribution < 1.29 is 28.8 Å². The summed E-state index contributed by atoms with van der Waals surface area (Å²) in [5.41, 5.74) is 5.88. The lowest BCUT2D eigenvalue weighted by Crippen LogP contribution is -2.32. The second-order valence-corrected chi connectivity index (χ2v) is 20.4. The van der Waals surface area contributed by atoms with E-state index >= 15 is 0 Å². The van der Waals surface area contributed by atoms with Crippen LogP contribution >= 0.6 is 23.5 Å². The summed E-state index contributed by atoms with van der Waals surface area (Å²) in [4.78, 5) is 110. The van der Waals surface area contributed by atoms with E-state index in [0.29, 0.717) is 45.2 Å². The summed E-state index contributed by atoms with van der Waals surface area (Å²) in [6, 6.07) is 7.95. The molecule has 0 spiro atoms. The molecule has 0 atom stereocenters. The molecule has 1 aromatic carbocycles. The molecule has 21 nitrogen and oxygen atoms in total. The number of hydrogen-bond donors (Lipinski definition) is 0. The van der Waals surface area contributed by atoms with Crippen LogP contribution in [0.3, 0.4) is 0 Å². The van der Waals surface area contributed by atoms with Gasteiger partial charge in [-0.15, -0.1) is 0 Å². The molecule has 1 aromatic rings. The van der Waals surface area contributed by atoms with Crippen LogP contribution in [0.15, 0.2) is 154 Å². The van der Waals surface area contributed by atoms with Gasteiger partial charge in [-0.2, -0.15) is 30.0 Å². The summed E-state index contributed by atoms with van der Waals surface area (Å²) >= 11 is 3.32. The Bertz CT molecular complexity index is 3070. The zero-order valence-corrected chi connectivity index (χ0v) is 43.2. The molecule has 16 rings (SSSR count). The first-order valence-corrected chi connectivity index (χ1v) is 26.8. The van der Waals surface area contributed by atoms with E-state index in [-0.39, 0.29) is 35.4 Å². The van der Waals surface area contributed by atoms with E-state index < -0.39 is 0 Å². The van der Waals surface area contributed by atoms with Crippen molar-refractivity contribution in [1.82, 2.24) is 34.3 Å². The van der Waals surface area contributed by atoms with Crippen LogP contribution in [0.4, 0.5) is 0 Å². The van der Waals surface area contributed by atoms with E-state index in [0.717, 1.165) is 84.2 Å². The van der Waals surface area contributed by atoms with Crippen molar-refractivity contribution in [3.05, 3.63) is 126 Å². The number of piperidine rings is 1. The molecule has 2 saturated heterocycles. The first kappa shape index (κ1) is 51.3. The molecule has 0 saturated carbocycles. The van der Waals surface area contributed by atoms with Crippen molar-refractivity contribution in [2.45, 2.75) is 44.9 Å². The Morgan fingerprint density at radius 3 is 2.03 bits per heavy atom. The summed E-state index contributed by atoms with van der Waals surface area (Å²) in [5, 5.41) is 3.92. The van der Waals surface area contributed by atoms with Gasteiger partial charge in [0.15, 0.2) is 10.3 Å². The van der Waals surface area contributed by atoms with Crippen LogP contribution in [0.1, 0.15) is 56.1 Å². The van der Waals surface area contributed by atoms with Gasteiger partial charge in [-0.05, 0) is 91.0 Å². The molecule has 23 heteroatoms. The van der Waals surface area contributed by atoms with Crippen molar-refractivity contribution >= 4 is 111 Å². The molecule has 6 amide bonds. The van der Waals surface area contributed by atoms with Gasteiger partial charge in [0.2, 0.25) is 5.96 Å². The predicted octanol–water partition coefficient (Wildman–Crippen LogP) is 4.71. The number of amides is 6. The molecule has 0 N–H and O–H groups in total. The maximum absolute atomic E-state index is 11.2. The van der Waals surface area contributed by atoms with Gasteiger partial charge in [0.05, 0.1) is 12.2 Å². The van der Waals surface area contributed by atoms with Crippen LogP contribution in [0.25, 0.3) is 6.08 Å². The summed E-state index contributed by atoms with van der Waals surface area (Å²) in [5.74, 6) is 4.93. The molecule has 0 radical (unpaired) electrons. The third-order valence-electron chi connectivity index (χ3n) is 13.0. The lowest BCUT2D eigenvalue weighted by molar-refractivity contribution is -0.117. The predicted molar refractivity (Wildman–Crippen MR) is 296 cm³/mol. The molecule has 14 aliphatic heterocycles. The summed E-state index contributed by atoms with van der Waals surface area (Å²) < 4.78 is 0. The minimum absolute atomic E-state index is 0.0102. The van der Waals surface area contributed by atoms with Gasteiger partial charge in [0, 0.05) is 68.0 Å². The third-order valence-corrected chi connectivity index (χ3v) is 14.8. The lowest BCUT2D eigenvalue weighted by Gasteiger charge is -2.26. The number of allylic oxidation sites excluding steroid dienone is 5. The molecule has 388 valence electrons. The third kappa shape index (κ3) is 12.5. The standard InChI is InChI=1S/C11H12N2O.C11H8N2O.C7H10N2O.C7H6N2O.C6H5N3O.C6H8N2S.C5H4N2OS/c2*14-10-7-13-6-5-8-3-1-2-4-9(8)11(13)12-10;2*10-7-5-9-4-2-1-3-6(9)8-7;10-5-4-9-3-1-2-7-6(9)8-5;1-5-4-8-2-3-9-6(8)7-5;8-4-3-7-1-2-9-5(7)6-4/h5-6H,1-4,7H2;1-6H,7H2;1-5H2;1-4H,5H2;1-3H,4H2;1-4H2;1-2H,3H2. The first-order valence-electron chi connectivity index (χ1n) is 25.0. The van der Waals surface area contributed by atoms with E-state index in [2.05, 4.69) is 62.4 Å². The fourth-order valence-electron chi connectivity index (χ4n) is 9.44. The highest BCUT2D eigenvalue weighted by atomic mass is 32.2. The largest absolute Gasteiger partial charge is 0.351 e. The number of carbonyl (C=O) groups is 6. The zero-order chi connectivity index (χ0) is 52.5. The van der Waals surface area contributed by atoms with E-state index in [1.165, 1.54) is 59.5 Å². The second-order valence-electron chi connectivity index (χ2n) is 18.4. The fourth-order valence-corrected chi connectivity index (χ4v) is 11.2. The Labute approximate surface area is 447 Å². The molecule has 76 heavy (non-hydrogen) atoms. The average Bonchev–Trinajstić information content (AvgIpc) is 4.29. The highest BCUT2D eigenvalue weighted by Crippen LogP contribution is 2.32. The molecule has 14 heterocycles. The number of guanidine groups is 1. The maximum atomic E-state index is 11.2. The van der Waals surface area contributed by atoms with Crippen molar-refractivity contribution in [2.75, 3.05) is 64.7 Å². The van der Waals surface area contributed by atoms with Crippen LogP contribution in [0.2, 0.25) is 0 Å². The normalized spacial score (nSPS) is 22.4. The summed E-state index contributed by atoms with van der Waals surface area (Å²) in [7, 11) is 0. The molecule has 15 aliphatic rings. The van der Waals surface area contributed by atoms with Crippen LogP contribution in [-0.4, -0.2) is 180 Å². The Balaban J connectivity index is 0.000000102. The number of aliphatic imine (C=N–C) groups is 8. The fraction of sp³-hybridized carbons (Fsp3) is 0.321. The second kappa shape index (κ2) is 23.6. The number of benzene rings is 1. The van der Waals surface area contributed by atoms with E-state index in [4.69, 9.17) is 0 Å². The number of nitrogens with zero attached hydrogens (tertiary/aromatic N) is 15. The Morgan fingerprint density at radius 1 is 0.513 bits per heavy atom. The Morgan fingerprint density at radius 2 is 1.21 bits per heavy atom. The van der Waals surface area contributed by atoms with E-state index in [9.17, 15) is 28.8 Å². The van der Waals surface area contributed by atoms with Crippen molar-refractivity contribution in [1.29, 1.82) is 0 Å². The van der Waals surface area contributed by atoms with Crippen LogP contribution in [0, 0.1) is 0 Å². The quantitative estimate of drug-likeness (QED) is 0.343. The smallest absolute Gasteiger partial charge is 0.268 e. The number of fused-ring (bicyclic) bond motifs is 10. The topological polar surface area (TPSA) is 224 Å². The van der Waals surface area contributed by atoms with Crippen LogP contribution in [-0.2, 0) is 28.8 Å². The van der Waals surface area contributed by atoms with Gasteiger partial charge in [0.1, 0.15) is 62.6 Å². The first-order chi connectivity index (χ1) is 37.0. The average molecular weight is 1060 g/mol. The van der Waals surface area contributed by atoms with Crippen LogP contribution < -0.4 is 0 Å². The monoisotopic (exact) mass is 1060 g/mol. The van der Waals surface area contributed by atoms with Crippen LogP contribution in [0.5, 0.6) is 0 Å². The van der Waals surface area contributed by atoms with Gasteiger partial charge in [-0.25, -0.2) is 9.98 Å². The number of amidine groups is 6. The van der Waals surface area contributed by atoms with Crippen molar-refractivity contribution in [3.63, 3.8) is 0 Å². The molecule has 0 aromatic heterocycles. The molecule has 0 unspecified atom stereocenters. The molecular weight excluding hydrogens is 1010 g/mol. The minimum Gasteiger partial charge on any atom is -0.351 e. The Hall–Kier alpha value is -8.18. The van der Waals surface area contributed by atoms with E-state index in [1.54, 1.807) is 23.4 Å². The van der Waals surface area contributed by atoms with Crippen molar-refractivity contribution in [2.24, 2.45) is 39.9 Å². The SMILES string of the molecule is C=C1CN2CCSC2=N1.O=C1CN2C=CC3=C(CCCC3)C2=N1.O=C1CN2C=CC=CC2=N1.O=C1CN2C=CC=NC2=N1.O=C1CN2C=CSC2=N1.O=C1CN2C=Cc3ccccc3C2=N1.O=C1CN2CCCCC2=N1. The Kier molecular flexibility index (Phi) is 15.9. The van der Waals surface area contributed by atoms with Crippen molar-refractivity contribution in [3.8, 4) is 0 Å². The minimum atomic E-state index is -0.126. The molecule has 1 aliphatic carbocycles.